The summed E-state index contributed by atoms with van der Waals surface area (Å²) in [6, 6.07) is 16.6. The van der Waals surface area contributed by atoms with Crippen LogP contribution in [-0.2, 0) is 4.74 Å². The third kappa shape index (κ3) is 2.69. The van der Waals surface area contributed by atoms with Crippen molar-refractivity contribution < 1.29 is 9.47 Å². The lowest BCUT2D eigenvalue weighted by molar-refractivity contribution is -0.0608. The number of hydrogen-bond donors (Lipinski definition) is 1. The van der Waals surface area contributed by atoms with E-state index in [9.17, 15) is 0 Å². The second-order valence-corrected chi connectivity index (χ2v) is 7.08. The molecule has 1 unspecified atom stereocenters. The molecule has 1 atom stereocenters. The number of rotatable bonds is 2. The van der Waals surface area contributed by atoms with Gasteiger partial charge in [-0.2, -0.15) is 0 Å². The van der Waals surface area contributed by atoms with Gasteiger partial charge in [0.2, 0.25) is 0 Å². The van der Waals surface area contributed by atoms with Gasteiger partial charge in [0.1, 0.15) is 23.5 Å². The Hall–Kier alpha value is -2.66. The van der Waals surface area contributed by atoms with Crippen LogP contribution in [0.3, 0.4) is 0 Å². The monoisotopic (exact) mass is 347 g/mol. The molecular formula is C21H21N3O2. The van der Waals surface area contributed by atoms with Gasteiger partial charge in [0.25, 0.3) is 0 Å². The van der Waals surface area contributed by atoms with Crippen molar-refractivity contribution in [2.75, 3.05) is 18.5 Å². The average Bonchev–Trinajstić information content (AvgIpc) is 2.69. The SMILES string of the molecule is c1ccc2c(c1)OC1(CCOCC1)CC2Nc1ncnc2ccccc12. The van der Waals surface area contributed by atoms with Gasteiger partial charge in [-0.3, -0.25) is 0 Å². The van der Waals surface area contributed by atoms with Crippen molar-refractivity contribution in [3.05, 3.63) is 60.4 Å². The molecule has 0 amide bonds. The second-order valence-electron chi connectivity index (χ2n) is 7.08. The van der Waals surface area contributed by atoms with E-state index in [2.05, 4.69) is 39.6 Å². The number of hydrogen-bond acceptors (Lipinski definition) is 5. The van der Waals surface area contributed by atoms with Crippen LogP contribution >= 0.6 is 0 Å². The predicted octanol–water partition coefficient (Wildman–Crippen LogP) is 4.11. The van der Waals surface area contributed by atoms with Gasteiger partial charge in [-0.05, 0) is 18.2 Å². The lowest BCUT2D eigenvalue weighted by atomic mass is 9.82. The molecule has 2 aromatic carbocycles. The van der Waals surface area contributed by atoms with E-state index in [-0.39, 0.29) is 11.6 Å². The summed E-state index contributed by atoms with van der Waals surface area (Å²) in [6.07, 6.45) is 4.37. The molecule has 26 heavy (non-hydrogen) atoms. The first-order valence-electron chi connectivity index (χ1n) is 9.15. The molecule has 1 fully saturated rings. The highest BCUT2D eigenvalue weighted by molar-refractivity contribution is 5.88. The summed E-state index contributed by atoms with van der Waals surface area (Å²) in [5.41, 5.74) is 1.98. The van der Waals surface area contributed by atoms with Crippen LogP contribution in [0.1, 0.15) is 30.9 Å². The van der Waals surface area contributed by atoms with Gasteiger partial charge in [-0.25, -0.2) is 9.97 Å². The van der Waals surface area contributed by atoms with E-state index in [0.29, 0.717) is 0 Å². The molecule has 1 saturated heterocycles. The zero-order chi connectivity index (χ0) is 17.4. The zero-order valence-corrected chi connectivity index (χ0v) is 14.5. The molecular weight excluding hydrogens is 326 g/mol. The highest BCUT2D eigenvalue weighted by Crippen LogP contribution is 2.45. The van der Waals surface area contributed by atoms with Crippen molar-refractivity contribution >= 4 is 16.7 Å². The molecule has 132 valence electrons. The van der Waals surface area contributed by atoms with E-state index in [0.717, 1.165) is 54.9 Å². The van der Waals surface area contributed by atoms with Gasteiger partial charge >= 0.3 is 0 Å². The van der Waals surface area contributed by atoms with Crippen molar-refractivity contribution in [3.8, 4) is 5.75 Å². The number of anilines is 1. The Labute approximate surface area is 152 Å². The maximum absolute atomic E-state index is 6.46. The quantitative estimate of drug-likeness (QED) is 0.756. The van der Waals surface area contributed by atoms with Crippen molar-refractivity contribution in [2.45, 2.75) is 30.9 Å². The van der Waals surface area contributed by atoms with E-state index < -0.39 is 0 Å². The Kier molecular flexibility index (Phi) is 3.75. The molecule has 5 heteroatoms. The van der Waals surface area contributed by atoms with Gasteiger partial charge in [0, 0.05) is 30.2 Å². The van der Waals surface area contributed by atoms with E-state index in [1.54, 1.807) is 6.33 Å². The molecule has 2 aliphatic rings. The van der Waals surface area contributed by atoms with Crippen molar-refractivity contribution in [1.82, 2.24) is 9.97 Å². The van der Waals surface area contributed by atoms with E-state index in [1.807, 2.05) is 24.3 Å². The normalized spacial score (nSPS) is 21.2. The highest BCUT2D eigenvalue weighted by atomic mass is 16.5. The van der Waals surface area contributed by atoms with Crippen molar-refractivity contribution in [1.29, 1.82) is 0 Å². The summed E-state index contributed by atoms with van der Waals surface area (Å²) < 4.78 is 12.0. The Morgan fingerprint density at radius 1 is 0.962 bits per heavy atom. The van der Waals surface area contributed by atoms with Gasteiger partial charge < -0.3 is 14.8 Å². The summed E-state index contributed by atoms with van der Waals surface area (Å²) in [4.78, 5) is 8.89. The topological polar surface area (TPSA) is 56.3 Å². The highest BCUT2D eigenvalue weighted by Gasteiger charge is 2.42. The molecule has 1 N–H and O–H groups in total. The number of benzene rings is 2. The number of para-hydroxylation sites is 2. The maximum Gasteiger partial charge on any atom is 0.137 e. The molecule has 5 nitrogen and oxygen atoms in total. The lowest BCUT2D eigenvalue weighted by Crippen LogP contribution is -2.46. The Morgan fingerprint density at radius 2 is 1.77 bits per heavy atom. The molecule has 0 bridgehead atoms. The van der Waals surface area contributed by atoms with E-state index >= 15 is 0 Å². The molecule has 0 aliphatic carbocycles. The van der Waals surface area contributed by atoms with Crippen LogP contribution in [-0.4, -0.2) is 28.8 Å². The van der Waals surface area contributed by atoms with Crippen LogP contribution in [0.2, 0.25) is 0 Å². The first-order chi connectivity index (χ1) is 12.8. The van der Waals surface area contributed by atoms with Gasteiger partial charge in [-0.1, -0.05) is 30.3 Å². The van der Waals surface area contributed by atoms with Crippen molar-refractivity contribution in [3.63, 3.8) is 0 Å². The molecule has 5 rings (SSSR count). The lowest BCUT2D eigenvalue weighted by Gasteiger charge is -2.44. The fraction of sp³-hybridized carbons (Fsp3) is 0.333. The third-order valence-electron chi connectivity index (χ3n) is 5.45. The van der Waals surface area contributed by atoms with Gasteiger partial charge in [0.05, 0.1) is 24.8 Å². The average molecular weight is 347 g/mol. The molecule has 0 saturated carbocycles. The molecule has 1 spiro atoms. The van der Waals surface area contributed by atoms with Crippen LogP contribution in [0.4, 0.5) is 5.82 Å². The minimum Gasteiger partial charge on any atom is -0.487 e. The largest absolute Gasteiger partial charge is 0.487 e. The Morgan fingerprint density at radius 3 is 2.69 bits per heavy atom. The van der Waals surface area contributed by atoms with E-state index in [1.165, 1.54) is 5.56 Å². The number of fused-ring (bicyclic) bond motifs is 2. The van der Waals surface area contributed by atoms with Gasteiger partial charge in [-0.15, -0.1) is 0 Å². The minimum absolute atomic E-state index is 0.149. The van der Waals surface area contributed by atoms with Crippen LogP contribution in [0, 0.1) is 0 Å². The number of nitrogens with zero attached hydrogens (tertiary/aromatic N) is 2. The van der Waals surface area contributed by atoms with Gasteiger partial charge in [0.15, 0.2) is 0 Å². The second kappa shape index (κ2) is 6.25. The fourth-order valence-corrected chi connectivity index (χ4v) is 4.08. The van der Waals surface area contributed by atoms with Crippen LogP contribution in [0.15, 0.2) is 54.9 Å². The summed E-state index contributed by atoms with van der Waals surface area (Å²) in [7, 11) is 0. The predicted molar refractivity (Wildman–Crippen MR) is 100 cm³/mol. The summed E-state index contributed by atoms with van der Waals surface area (Å²) in [5.74, 6) is 1.84. The van der Waals surface area contributed by atoms with E-state index in [4.69, 9.17) is 9.47 Å². The zero-order valence-electron chi connectivity index (χ0n) is 14.5. The first kappa shape index (κ1) is 15.6. The fourth-order valence-electron chi connectivity index (χ4n) is 4.08. The molecule has 3 aromatic rings. The molecule has 3 heterocycles. The number of ether oxygens (including phenoxy) is 2. The summed E-state index contributed by atoms with van der Waals surface area (Å²) in [5, 5.41) is 4.72. The smallest absolute Gasteiger partial charge is 0.137 e. The molecule has 1 aromatic heterocycles. The first-order valence-corrected chi connectivity index (χ1v) is 9.15. The minimum atomic E-state index is -0.160. The summed E-state index contributed by atoms with van der Waals surface area (Å²) >= 11 is 0. The summed E-state index contributed by atoms with van der Waals surface area (Å²) in [6.45, 7) is 1.51. The van der Waals surface area contributed by atoms with Crippen LogP contribution in [0.5, 0.6) is 5.75 Å². The standard InChI is InChI=1S/C21H21N3O2/c1-3-7-17-16(6-1)20(23-14-22-17)24-18-13-21(9-11-25-12-10-21)26-19-8-4-2-5-15(18)19/h1-8,14,18H,9-13H2,(H,22,23,24). The molecule has 2 aliphatic heterocycles. The number of aromatic nitrogens is 2. The Balaban J connectivity index is 1.54. The Bertz CT molecular complexity index is 932. The maximum atomic E-state index is 6.46. The third-order valence-corrected chi connectivity index (χ3v) is 5.45. The van der Waals surface area contributed by atoms with Crippen molar-refractivity contribution in [2.24, 2.45) is 0 Å². The molecule has 0 radical (unpaired) electrons. The number of nitrogens with one attached hydrogen (secondary N) is 1. The van der Waals surface area contributed by atoms with Crippen LogP contribution < -0.4 is 10.1 Å². The van der Waals surface area contributed by atoms with Crippen LogP contribution in [0.25, 0.3) is 10.9 Å².